The highest BCUT2D eigenvalue weighted by atomic mass is 35.5. The molecule has 2 aliphatic rings. The van der Waals surface area contributed by atoms with Crippen molar-refractivity contribution in [3.05, 3.63) is 69.9 Å². The molecule has 0 atom stereocenters. The lowest BCUT2D eigenvalue weighted by molar-refractivity contribution is -0.120. The molecule has 5 heteroatoms. The Balaban J connectivity index is 1.86. The number of anilines is 1. The minimum atomic E-state index is -0.281. The summed E-state index contributed by atoms with van der Waals surface area (Å²) in [6.45, 7) is 5.43. The highest BCUT2D eigenvalue weighted by Gasteiger charge is 2.43. The van der Waals surface area contributed by atoms with Crippen LogP contribution in [0.2, 0.25) is 5.02 Å². The smallest absolute Gasteiger partial charge is 0.282 e. The van der Waals surface area contributed by atoms with E-state index in [2.05, 4.69) is 4.90 Å². The molecule has 0 bridgehead atoms. The third-order valence-electron chi connectivity index (χ3n) is 5.30. The Kier molecular flexibility index (Phi) is 4.52. The van der Waals surface area contributed by atoms with E-state index in [0.29, 0.717) is 22.0 Å². The van der Waals surface area contributed by atoms with Gasteiger partial charge in [0.1, 0.15) is 5.70 Å². The summed E-state index contributed by atoms with van der Waals surface area (Å²) in [5.41, 5.74) is 4.18. The van der Waals surface area contributed by atoms with Gasteiger partial charge in [0.05, 0.1) is 11.3 Å². The number of halogens is 1. The molecule has 0 spiro atoms. The molecule has 1 fully saturated rings. The lowest BCUT2D eigenvalue weighted by atomic mass is 10.0. The Morgan fingerprint density at radius 3 is 2.22 bits per heavy atom. The fraction of sp³-hybridized carbons (Fsp3) is 0.273. The molecule has 2 heterocycles. The van der Waals surface area contributed by atoms with E-state index in [4.69, 9.17) is 11.6 Å². The first-order chi connectivity index (χ1) is 13.0. The van der Waals surface area contributed by atoms with Crippen molar-refractivity contribution >= 4 is 34.7 Å². The molecule has 2 aliphatic heterocycles. The Morgan fingerprint density at radius 2 is 1.56 bits per heavy atom. The van der Waals surface area contributed by atoms with Gasteiger partial charge in [0.25, 0.3) is 11.8 Å². The van der Waals surface area contributed by atoms with Crippen LogP contribution in [0.4, 0.5) is 5.69 Å². The van der Waals surface area contributed by atoms with Gasteiger partial charge in [-0.3, -0.25) is 9.59 Å². The fourth-order valence-electron chi connectivity index (χ4n) is 3.79. The molecule has 27 heavy (non-hydrogen) atoms. The molecule has 4 rings (SSSR count). The summed E-state index contributed by atoms with van der Waals surface area (Å²) in [6.07, 6.45) is 2.06. The number of carbonyl (C=O) groups excluding carboxylic acids is 2. The molecule has 0 unspecified atom stereocenters. The highest BCUT2D eigenvalue weighted by molar-refractivity contribution is 6.46. The third-order valence-corrected chi connectivity index (χ3v) is 5.71. The summed E-state index contributed by atoms with van der Waals surface area (Å²) in [5, 5.41) is 0.541. The van der Waals surface area contributed by atoms with Crippen LogP contribution in [0.3, 0.4) is 0 Å². The molecule has 0 saturated carbocycles. The largest absolute Gasteiger partial charge is 0.366 e. The summed E-state index contributed by atoms with van der Waals surface area (Å²) in [4.78, 5) is 30.1. The summed E-state index contributed by atoms with van der Waals surface area (Å²) < 4.78 is 0. The van der Waals surface area contributed by atoms with Gasteiger partial charge in [-0.25, -0.2) is 4.90 Å². The molecular formula is C22H21ClN2O2. The number of benzene rings is 2. The third kappa shape index (κ3) is 2.94. The minimum Gasteiger partial charge on any atom is -0.366 e. The molecule has 138 valence electrons. The Labute approximate surface area is 164 Å². The van der Waals surface area contributed by atoms with Crippen molar-refractivity contribution in [1.29, 1.82) is 0 Å². The van der Waals surface area contributed by atoms with Crippen LogP contribution in [-0.2, 0) is 9.59 Å². The van der Waals surface area contributed by atoms with E-state index in [1.54, 1.807) is 18.2 Å². The van der Waals surface area contributed by atoms with E-state index in [1.165, 1.54) is 4.90 Å². The van der Waals surface area contributed by atoms with Crippen LogP contribution in [0.25, 0.3) is 5.57 Å². The predicted octanol–water partition coefficient (Wildman–Crippen LogP) is 4.34. The number of amides is 2. The molecule has 2 amide bonds. The number of nitrogens with zero attached hydrogens (tertiary/aromatic N) is 2. The van der Waals surface area contributed by atoms with E-state index in [1.807, 2.05) is 38.1 Å². The number of aryl methyl sites for hydroxylation is 1. The van der Waals surface area contributed by atoms with Crippen molar-refractivity contribution in [1.82, 2.24) is 4.90 Å². The molecule has 2 aromatic rings. The van der Waals surface area contributed by atoms with E-state index in [0.717, 1.165) is 42.6 Å². The monoisotopic (exact) mass is 380 g/mol. The van der Waals surface area contributed by atoms with Gasteiger partial charge in [0.2, 0.25) is 0 Å². The highest BCUT2D eigenvalue weighted by Crippen LogP contribution is 2.38. The van der Waals surface area contributed by atoms with Gasteiger partial charge in [-0.05, 0) is 49.9 Å². The van der Waals surface area contributed by atoms with Gasteiger partial charge in [-0.15, -0.1) is 0 Å². The lowest BCUT2D eigenvalue weighted by Crippen LogP contribution is -2.35. The van der Waals surface area contributed by atoms with Crippen LogP contribution in [0, 0.1) is 13.8 Å². The van der Waals surface area contributed by atoms with Crippen molar-refractivity contribution in [3.63, 3.8) is 0 Å². The average molecular weight is 381 g/mol. The quantitative estimate of drug-likeness (QED) is 0.744. The SMILES string of the molecule is Cc1ccc(C2=C(N3CCCC3)C(=O)N(c3cccc(Cl)c3C)C2=O)cc1. The van der Waals surface area contributed by atoms with Gasteiger partial charge < -0.3 is 4.90 Å². The molecule has 2 aromatic carbocycles. The van der Waals surface area contributed by atoms with Gasteiger partial charge in [0.15, 0.2) is 0 Å². The molecule has 0 aliphatic carbocycles. The van der Waals surface area contributed by atoms with Crippen LogP contribution in [0.5, 0.6) is 0 Å². The zero-order valence-electron chi connectivity index (χ0n) is 15.5. The van der Waals surface area contributed by atoms with E-state index in [9.17, 15) is 9.59 Å². The van der Waals surface area contributed by atoms with E-state index < -0.39 is 0 Å². The molecule has 0 radical (unpaired) electrons. The minimum absolute atomic E-state index is 0.261. The molecular weight excluding hydrogens is 360 g/mol. The maximum absolute atomic E-state index is 13.4. The summed E-state index contributed by atoms with van der Waals surface area (Å²) in [5.74, 6) is -0.543. The number of carbonyl (C=O) groups is 2. The standard InChI is InChI=1S/C22H21ClN2O2/c1-14-8-10-16(11-9-14)19-20(24-12-3-4-13-24)22(27)25(21(19)26)18-7-5-6-17(23)15(18)2/h5-11H,3-4,12-13H2,1-2H3. The first kappa shape index (κ1) is 17.8. The van der Waals surface area contributed by atoms with Gasteiger partial charge >= 0.3 is 0 Å². The van der Waals surface area contributed by atoms with Crippen LogP contribution >= 0.6 is 11.6 Å². The molecule has 1 saturated heterocycles. The average Bonchev–Trinajstić information content (AvgIpc) is 3.25. The number of likely N-dealkylation sites (tertiary alicyclic amines) is 1. The Hall–Kier alpha value is -2.59. The lowest BCUT2D eigenvalue weighted by Gasteiger charge is -2.21. The van der Waals surface area contributed by atoms with Crippen molar-refractivity contribution in [2.45, 2.75) is 26.7 Å². The van der Waals surface area contributed by atoms with Crippen LogP contribution in [-0.4, -0.2) is 29.8 Å². The normalized spacial score (nSPS) is 17.4. The summed E-state index contributed by atoms with van der Waals surface area (Å²) in [6, 6.07) is 13.1. The van der Waals surface area contributed by atoms with Crippen LogP contribution < -0.4 is 4.90 Å². The van der Waals surface area contributed by atoms with Gasteiger partial charge in [-0.2, -0.15) is 0 Å². The number of rotatable bonds is 3. The molecule has 0 N–H and O–H groups in total. The predicted molar refractivity (Wildman–Crippen MR) is 108 cm³/mol. The summed E-state index contributed by atoms with van der Waals surface area (Å²) >= 11 is 6.25. The maximum atomic E-state index is 13.4. The topological polar surface area (TPSA) is 40.6 Å². The van der Waals surface area contributed by atoms with Crippen molar-refractivity contribution in [3.8, 4) is 0 Å². The van der Waals surface area contributed by atoms with Crippen molar-refractivity contribution in [2.75, 3.05) is 18.0 Å². The Morgan fingerprint density at radius 1 is 0.889 bits per heavy atom. The number of imide groups is 1. The maximum Gasteiger partial charge on any atom is 0.282 e. The zero-order valence-corrected chi connectivity index (χ0v) is 16.2. The second kappa shape index (κ2) is 6.86. The number of hydrogen-bond donors (Lipinski definition) is 0. The Bertz CT molecular complexity index is 957. The second-order valence-electron chi connectivity index (χ2n) is 7.11. The van der Waals surface area contributed by atoms with Gasteiger partial charge in [-0.1, -0.05) is 47.5 Å². The van der Waals surface area contributed by atoms with E-state index in [-0.39, 0.29) is 11.8 Å². The van der Waals surface area contributed by atoms with Crippen molar-refractivity contribution in [2.24, 2.45) is 0 Å². The second-order valence-corrected chi connectivity index (χ2v) is 7.52. The van der Waals surface area contributed by atoms with Crippen molar-refractivity contribution < 1.29 is 9.59 Å². The van der Waals surface area contributed by atoms with Crippen LogP contribution in [0.1, 0.15) is 29.5 Å². The zero-order chi connectivity index (χ0) is 19.1. The first-order valence-electron chi connectivity index (χ1n) is 9.19. The van der Waals surface area contributed by atoms with Crippen LogP contribution in [0.15, 0.2) is 48.2 Å². The first-order valence-corrected chi connectivity index (χ1v) is 9.57. The fourth-order valence-corrected chi connectivity index (χ4v) is 3.96. The summed E-state index contributed by atoms with van der Waals surface area (Å²) in [7, 11) is 0. The van der Waals surface area contributed by atoms with Gasteiger partial charge in [0, 0.05) is 18.1 Å². The molecule has 4 nitrogen and oxygen atoms in total. The molecule has 0 aromatic heterocycles. The van der Waals surface area contributed by atoms with E-state index >= 15 is 0 Å². The number of hydrogen-bond acceptors (Lipinski definition) is 3.